The van der Waals surface area contributed by atoms with E-state index < -0.39 is 0 Å². The number of amides is 1. The number of morpholine rings is 1. The lowest BCUT2D eigenvalue weighted by atomic mass is 10.1. The van der Waals surface area contributed by atoms with Crippen molar-refractivity contribution in [3.8, 4) is 5.75 Å². The van der Waals surface area contributed by atoms with Crippen molar-refractivity contribution in [2.45, 2.75) is 13.0 Å². The van der Waals surface area contributed by atoms with Gasteiger partial charge in [0, 0.05) is 11.4 Å². The molecule has 1 atom stereocenters. The Bertz CT molecular complexity index is 652. The lowest BCUT2D eigenvalue weighted by molar-refractivity contribution is -0.0227. The zero-order valence-electron chi connectivity index (χ0n) is 11.8. The Kier molecular flexibility index (Phi) is 3.94. The van der Waals surface area contributed by atoms with Gasteiger partial charge in [0.15, 0.2) is 0 Å². The first-order valence-electron chi connectivity index (χ1n) is 6.90. The molecule has 0 unspecified atom stereocenters. The van der Waals surface area contributed by atoms with Crippen molar-refractivity contribution in [2.75, 3.05) is 19.7 Å². The maximum atomic E-state index is 12.5. The maximum Gasteiger partial charge on any atom is 0.264 e. The molecule has 1 amide bonds. The Balaban J connectivity index is 1.75. The zero-order chi connectivity index (χ0) is 14.8. The first-order valence-corrected chi connectivity index (χ1v) is 7.71. The van der Waals surface area contributed by atoms with Gasteiger partial charge in [-0.2, -0.15) is 0 Å². The molecule has 1 fully saturated rings. The Hall–Kier alpha value is -1.85. The summed E-state index contributed by atoms with van der Waals surface area (Å²) in [6.07, 6.45) is -0.184. The van der Waals surface area contributed by atoms with Crippen molar-refractivity contribution >= 4 is 17.2 Å². The molecule has 21 heavy (non-hydrogen) atoms. The van der Waals surface area contributed by atoms with Crippen LogP contribution in [0.1, 0.15) is 26.2 Å². The molecule has 1 aromatic heterocycles. The van der Waals surface area contributed by atoms with E-state index in [9.17, 15) is 9.90 Å². The van der Waals surface area contributed by atoms with Crippen LogP contribution in [-0.4, -0.2) is 35.6 Å². The number of phenols is 1. The molecule has 0 radical (unpaired) electrons. The summed E-state index contributed by atoms with van der Waals surface area (Å²) in [6, 6.07) is 10.9. The minimum atomic E-state index is -0.184. The standard InChI is InChI=1S/C16H17NO3S/c1-11-5-6-15(21-11)16(19)17-7-8-20-14(10-17)12-3-2-4-13(18)9-12/h2-6,9,14,18H,7-8,10H2,1H3/t14-/m0/s1. The van der Waals surface area contributed by atoms with Gasteiger partial charge in [-0.1, -0.05) is 12.1 Å². The van der Waals surface area contributed by atoms with Crippen LogP contribution in [0, 0.1) is 6.92 Å². The number of hydrogen-bond acceptors (Lipinski definition) is 4. The molecule has 1 aliphatic rings. The molecule has 1 N–H and O–H groups in total. The fourth-order valence-corrected chi connectivity index (χ4v) is 3.30. The van der Waals surface area contributed by atoms with Crippen molar-refractivity contribution in [1.82, 2.24) is 4.90 Å². The van der Waals surface area contributed by atoms with Crippen LogP contribution in [0.2, 0.25) is 0 Å². The van der Waals surface area contributed by atoms with E-state index in [1.807, 2.05) is 30.0 Å². The molecule has 0 aliphatic carbocycles. The van der Waals surface area contributed by atoms with E-state index in [0.29, 0.717) is 19.7 Å². The van der Waals surface area contributed by atoms with Crippen LogP contribution in [-0.2, 0) is 4.74 Å². The summed E-state index contributed by atoms with van der Waals surface area (Å²) in [5.41, 5.74) is 0.898. The smallest absolute Gasteiger partial charge is 0.264 e. The van der Waals surface area contributed by atoms with Gasteiger partial charge in [0.25, 0.3) is 5.91 Å². The molecule has 3 rings (SSSR count). The van der Waals surface area contributed by atoms with E-state index in [0.717, 1.165) is 15.3 Å². The Morgan fingerprint density at radius 1 is 1.38 bits per heavy atom. The van der Waals surface area contributed by atoms with Gasteiger partial charge in [-0.05, 0) is 36.8 Å². The number of nitrogens with zero attached hydrogens (tertiary/aromatic N) is 1. The van der Waals surface area contributed by atoms with E-state index >= 15 is 0 Å². The summed E-state index contributed by atoms with van der Waals surface area (Å²) in [5.74, 6) is 0.273. The average Bonchev–Trinajstić information content (AvgIpc) is 2.93. The number of carbonyl (C=O) groups excluding carboxylic acids is 1. The van der Waals surface area contributed by atoms with E-state index in [4.69, 9.17) is 4.74 Å². The van der Waals surface area contributed by atoms with Crippen molar-refractivity contribution in [1.29, 1.82) is 0 Å². The van der Waals surface area contributed by atoms with Crippen molar-refractivity contribution in [3.05, 3.63) is 51.7 Å². The molecule has 0 spiro atoms. The van der Waals surface area contributed by atoms with Gasteiger partial charge in [-0.15, -0.1) is 11.3 Å². The second kappa shape index (κ2) is 5.87. The third-order valence-electron chi connectivity index (χ3n) is 3.55. The van der Waals surface area contributed by atoms with Crippen molar-refractivity contribution in [3.63, 3.8) is 0 Å². The molecule has 2 heterocycles. The summed E-state index contributed by atoms with van der Waals surface area (Å²) >= 11 is 1.52. The van der Waals surface area contributed by atoms with Crippen LogP contribution in [0.15, 0.2) is 36.4 Å². The maximum absolute atomic E-state index is 12.5. The zero-order valence-corrected chi connectivity index (χ0v) is 12.6. The number of rotatable bonds is 2. The minimum absolute atomic E-state index is 0.0570. The summed E-state index contributed by atoms with van der Waals surface area (Å²) in [4.78, 5) is 16.2. The lowest BCUT2D eigenvalue weighted by Crippen LogP contribution is -2.42. The Morgan fingerprint density at radius 3 is 2.95 bits per heavy atom. The van der Waals surface area contributed by atoms with E-state index in [-0.39, 0.29) is 17.8 Å². The third kappa shape index (κ3) is 3.09. The number of thiophene rings is 1. The number of phenolic OH excluding ortho intramolecular Hbond substituents is 1. The fourth-order valence-electron chi connectivity index (χ4n) is 2.47. The summed E-state index contributed by atoms with van der Waals surface area (Å²) < 4.78 is 5.74. The van der Waals surface area contributed by atoms with Gasteiger partial charge in [0.05, 0.1) is 18.0 Å². The molecular formula is C16H17NO3S. The summed E-state index contributed by atoms with van der Waals surface area (Å²) in [6.45, 7) is 3.62. The topological polar surface area (TPSA) is 49.8 Å². The highest BCUT2D eigenvalue weighted by Gasteiger charge is 2.26. The highest BCUT2D eigenvalue weighted by Crippen LogP contribution is 2.26. The normalized spacial score (nSPS) is 18.7. The SMILES string of the molecule is Cc1ccc(C(=O)N2CCO[C@H](c3cccc(O)c3)C2)s1. The molecule has 5 heteroatoms. The van der Waals surface area contributed by atoms with E-state index in [1.165, 1.54) is 11.3 Å². The molecule has 1 aromatic carbocycles. The molecule has 2 aromatic rings. The number of ether oxygens (including phenoxy) is 1. The van der Waals surface area contributed by atoms with Crippen LogP contribution in [0.5, 0.6) is 5.75 Å². The minimum Gasteiger partial charge on any atom is -0.508 e. The second-order valence-electron chi connectivity index (χ2n) is 5.12. The number of carbonyl (C=O) groups is 1. The van der Waals surface area contributed by atoms with Crippen LogP contribution < -0.4 is 0 Å². The highest BCUT2D eigenvalue weighted by molar-refractivity contribution is 7.13. The number of benzene rings is 1. The van der Waals surface area contributed by atoms with Crippen LogP contribution in [0.3, 0.4) is 0 Å². The number of hydrogen-bond donors (Lipinski definition) is 1. The van der Waals surface area contributed by atoms with Gasteiger partial charge in [0.2, 0.25) is 0 Å². The molecule has 110 valence electrons. The van der Waals surface area contributed by atoms with Crippen molar-refractivity contribution < 1.29 is 14.6 Å². The summed E-state index contributed by atoms with van der Waals surface area (Å²) in [5, 5.41) is 9.57. The largest absolute Gasteiger partial charge is 0.508 e. The van der Waals surface area contributed by atoms with Gasteiger partial charge in [-0.3, -0.25) is 4.79 Å². The van der Waals surface area contributed by atoms with Crippen molar-refractivity contribution in [2.24, 2.45) is 0 Å². The van der Waals surface area contributed by atoms with E-state index in [2.05, 4.69) is 0 Å². The molecule has 1 saturated heterocycles. The van der Waals surface area contributed by atoms with Crippen LogP contribution in [0.4, 0.5) is 0 Å². The van der Waals surface area contributed by atoms with Gasteiger partial charge in [-0.25, -0.2) is 0 Å². The molecular weight excluding hydrogens is 286 g/mol. The fraction of sp³-hybridized carbons (Fsp3) is 0.312. The molecule has 0 saturated carbocycles. The first kappa shape index (κ1) is 14.1. The predicted octanol–water partition coefficient (Wildman–Crippen LogP) is 2.98. The first-order chi connectivity index (χ1) is 10.1. The molecule has 1 aliphatic heterocycles. The average molecular weight is 303 g/mol. The van der Waals surface area contributed by atoms with Gasteiger partial charge < -0.3 is 14.7 Å². The second-order valence-corrected chi connectivity index (χ2v) is 6.40. The predicted molar refractivity (Wildman–Crippen MR) is 81.8 cm³/mol. The monoisotopic (exact) mass is 303 g/mol. The Labute approximate surface area is 127 Å². The van der Waals surface area contributed by atoms with E-state index in [1.54, 1.807) is 18.2 Å². The lowest BCUT2D eigenvalue weighted by Gasteiger charge is -2.33. The Morgan fingerprint density at radius 2 is 2.24 bits per heavy atom. The van der Waals surface area contributed by atoms with Crippen LogP contribution >= 0.6 is 11.3 Å². The van der Waals surface area contributed by atoms with Crippen LogP contribution in [0.25, 0.3) is 0 Å². The van der Waals surface area contributed by atoms with Gasteiger partial charge in [0.1, 0.15) is 11.9 Å². The van der Waals surface area contributed by atoms with Gasteiger partial charge >= 0.3 is 0 Å². The molecule has 4 nitrogen and oxygen atoms in total. The third-order valence-corrected chi connectivity index (χ3v) is 4.54. The number of aryl methyl sites for hydroxylation is 1. The highest BCUT2D eigenvalue weighted by atomic mass is 32.1. The molecule has 0 bridgehead atoms. The quantitative estimate of drug-likeness (QED) is 0.928. The summed E-state index contributed by atoms with van der Waals surface area (Å²) in [7, 11) is 0. The number of aromatic hydroxyl groups is 1.